The van der Waals surface area contributed by atoms with Gasteiger partial charge in [-0.2, -0.15) is 10.2 Å². The summed E-state index contributed by atoms with van der Waals surface area (Å²) in [6.45, 7) is 5.57. The van der Waals surface area contributed by atoms with Crippen molar-refractivity contribution >= 4 is 39.1 Å². The molecule has 8 nitrogen and oxygen atoms in total. The highest BCUT2D eigenvalue weighted by Crippen LogP contribution is 2.24. The van der Waals surface area contributed by atoms with E-state index >= 15 is 0 Å². The Kier molecular flexibility index (Phi) is 5.64. The van der Waals surface area contributed by atoms with Crippen LogP contribution >= 0.6 is 15.9 Å². The molecule has 28 heavy (non-hydrogen) atoms. The topological polar surface area (TPSA) is 93.8 Å². The monoisotopic (exact) mass is 444 g/mol. The van der Waals surface area contributed by atoms with Gasteiger partial charge in [0.1, 0.15) is 6.04 Å². The summed E-state index contributed by atoms with van der Waals surface area (Å²) in [5, 5.41) is 14.1. The average molecular weight is 445 g/mol. The van der Waals surface area contributed by atoms with Crippen molar-refractivity contribution in [3.8, 4) is 0 Å². The zero-order chi connectivity index (χ0) is 20.4. The lowest BCUT2D eigenvalue weighted by molar-refractivity contribution is -0.119. The van der Waals surface area contributed by atoms with Crippen molar-refractivity contribution in [2.24, 2.45) is 7.05 Å². The standard InChI is InChI=1S/C19H21BrN6O2/c1-11-17(20)12(2)26(23-11)13(3)18(27)21-14-6-5-7-15(10-14)22-19(28)16-8-9-25(4)24-16/h5-10,13H,1-4H3,(H,21,27)(H,22,28). The van der Waals surface area contributed by atoms with Crippen molar-refractivity contribution in [3.63, 3.8) is 0 Å². The van der Waals surface area contributed by atoms with Crippen LogP contribution in [0.4, 0.5) is 11.4 Å². The minimum absolute atomic E-state index is 0.202. The fourth-order valence-corrected chi connectivity index (χ4v) is 3.04. The van der Waals surface area contributed by atoms with Gasteiger partial charge in [0.2, 0.25) is 5.91 Å². The maximum Gasteiger partial charge on any atom is 0.276 e. The van der Waals surface area contributed by atoms with Crippen LogP contribution in [0.5, 0.6) is 0 Å². The highest BCUT2D eigenvalue weighted by molar-refractivity contribution is 9.10. The van der Waals surface area contributed by atoms with Gasteiger partial charge < -0.3 is 10.6 Å². The van der Waals surface area contributed by atoms with E-state index in [9.17, 15) is 9.59 Å². The van der Waals surface area contributed by atoms with E-state index < -0.39 is 6.04 Å². The molecule has 0 aliphatic rings. The molecule has 0 bridgehead atoms. The van der Waals surface area contributed by atoms with Gasteiger partial charge in [-0.1, -0.05) is 6.07 Å². The van der Waals surface area contributed by atoms with E-state index in [-0.39, 0.29) is 11.8 Å². The molecule has 0 saturated carbocycles. The molecule has 3 rings (SSSR count). The summed E-state index contributed by atoms with van der Waals surface area (Å²) in [5.41, 5.74) is 3.18. The Morgan fingerprint density at radius 1 is 1.11 bits per heavy atom. The fraction of sp³-hybridized carbons (Fsp3) is 0.263. The maximum atomic E-state index is 12.7. The number of nitrogens with zero attached hydrogens (tertiary/aromatic N) is 4. The van der Waals surface area contributed by atoms with Gasteiger partial charge >= 0.3 is 0 Å². The molecule has 1 unspecified atom stereocenters. The molecule has 0 radical (unpaired) electrons. The number of aryl methyl sites for hydroxylation is 2. The summed E-state index contributed by atoms with van der Waals surface area (Å²) >= 11 is 3.48. The molecule has 0 spiro atoms. The van der Waals surface area contributed by atoms with Crippen LogP contribution in [0.15, 0.2) is 41.0 Å². The number of nitrogens with one attached hydrogen (secondary N) is 2. The van der Waals surface area contributed by atoms with Crippen molar-refractivity contribution in [3.05, 3.63) is 58.1 Å². The Bertz CT molecular complexity index is 1040. The maximum absolute atomic E-state index is 12.7. The highest BCUT2D eigenvalue weighted by atomic mass is 79.9. The first kappa shape index (κ1) is 19.8. The van der Waals surface area contributed by atoms with Gasteiger partial charge in [-0.25, -0.2) is 0 Å². The third-order valence-corrected chi connectivity index (χ3v) is 5.46. The number of amides is 2. The zero-order valence-electron chi connectivity index (χ0n) is 16.0. The van der Waals surface area contributed by atoms with Crippen LogP contribution in [0.3, 0.4) is 0 Å². The molecule has 2 heterocycles. The smallest absolute Gasteiger partial charge is 0.276 e. The lowest BCUT2D eigenvalue weighted by Crippen LogP contribution is -2.25. The summed E-state index contributed by atoms with van der Waals surface area (Å²) < 4.78 is 4.14. The van der Waals surface area contributed by atoms with Gasteiger partial charge in [0.25, 0.3) is 5.91 Å². The van der Waals surface area contributed by atoms with Crippen LogP contribution in [0.2, 0.25) is 0 Å². The number of hydrogen-bond donors (Lipinski definition) is 2. The first-order valence-corrected chi connectivity index (χ1v) is 9.48. The van der Waals surface area contributed by atoms with E-state index in [1.165, 1.54) is 0 Å². The second kappa shape index (κ2) is 7.97. The van der Waals surface area contributed by atoms with Gasteiger partial charge in [-0.05, 0) is 61.0 Å². The Balaban J connectivity index is 1.70. The molecule has 2 N–H and O–H groups in total. The SMILES string of the molecule is Cc1nn(C(C)C(=O)Nc2cccc(NC(=O)c3ccn(C)n3)c2)c(C)c1Br. The first-order chi connectivity index (χ1) is 13.3. The lowest BCUT2D eigenvalue weighted by atomic mass is 10.2. The Morgan fingerprint density at radius 2 is 1.79 bits per heavy atom. The number of halogens is 1. The van der Waals surface area contributed by atoms with E-state index in [1.807, 2.05) is 13.8 Å². The summed E-state index contributed by atoms with van der Waals surface area (Å²) in [6.07, 6.45) is 1.70. The van der Waals surface area contributed by atoms with Gasteiger partial charge in [0.15, 0.2) is 5.69 Å². The molecule has 0 fully saturated rings. The zero-order valence-corrected chi connectivity index (χ0v) is 17.6. The lowest BCUT2D eigenvalue weighted by Gasteiger charge is -2.15. The van der Waals surface area contributed by atoms with Crippen LogP contribution in [0.1, 0.15) is 34.8 Å². The molecule has 1 aromatic carbocycles. The van der Waals surface area contributed by atoms with E-state index in [0.29, 0.717) is 17.1 Å². The first-order valence-electron chi connectivity index (χ1n) is 8.69. The molecular weight excluding hydrogens is 424 g/mol. The van der Waals surface area contributed by atoms with Crippen molar-refractivity contribution in [1.29, 1.82) is 0 Å². The van der Waals surface area contributed by atoms with Crippen LogP contribution in [0, 0.1) is 13.8 Å². The predicted octanol–water partition coefficient (Wildman–Crippen LogP) is 3.45. The van der Waals surface area contributed by atoms with E-state index in [4.69, 9.17) is 0 Å². The molecule has 2 amide bonds. The van der Waals surface area contributed by atoms with Crippen LogP contribution in [-0.2, 0) is 11.8 Å². The molecule has 2 aromatic heterocycles. The number of hydrogen-bond acceptors (Lipinski definition) is 4. The van der Waals surface area contributed by atoms with Gasteiger partial charge in [0.05, 0.1) is 15.9 Å². The number of anilines is 2. The van der Waals surface area contributed by atoms with Crippen molar-refractivity contribution in [1.82, 2.24) is 19.6 Å². The number of carbonyl (C=O) groups is 2. The van der Waals surface area contributed by atoms with Gasteiger partial charge in [-0.15, -0.1) is 0 Å². The number of carbonyl (C=O) groups excluding carboxylic acids is 2. The largest absolute Gasteiger partial charge is 0.324 e. The second-order valence-electron chi connectivity index (χ2n) is 6.50. The third-order valence-electron chi connectivity index (χ3n) is 4.32. The minimum atomic E-state index is -0.489. The van der Waals surface area contributed by atoms with E-state index in [1.54, 1.807) is 59.9 Å². The minimum Gasteiger partial charge on any atom is -0.324 e. The van der Waals surface area contributed by atoms with Crippen LogP contribution in [0.25, 0.3) is 0 Å². The Hall–Kier alpha value is -2.94. The molecular formula is C19H21BrN6O2. The molecule has 146 valence electrons. The van der Waals surface area contributed by atoms with Crippen molar-refractivity contribution in [2.45, 2.75) is 26.8 Å². The molecule has 3 aromatic rings. The Labute approximate surface area is 171 Å². The summed E-state index contributed by atoms with van der Waals surface area (Å²) in [5.74, 6) is -0.517. The number of aromatic nitrogens is 4. The molecule has 0 aliphatic carbocycles. The molecule has 1 atom stereocenters. The van der Waals surface area contributed by atoms with E-state index in [2.05, 4.69) is 36.8 Å². The van der Waals surface area contributed by atoms with Gasteiger partial charge in [0, 0.05) is 24.6 Å². The van der Waals surface area contributed by atoms with Crippen molar-refractivity contribution < 1.29 is 9.59 Å². The predicted molar refractivity (Wildman–Crippen MR) is 110 cm³/mol. The number of rotatable bonds is 5. The van der Waals surface area contributed by atoms with Gasteiger partial charge in [-0.3, -0.25) is 19.0 Å². The number of benzene rings is 1. The third kappa shape index (κ3) is 4.14. The molecule has 0 aliphatic heterocycles. The molecule has 0 saturated heterocycles. The normalized spacial score (nSPS) is 11.9. The molecule has 9 heteroatoms. The summed E-state index contributed by atoms with van der Waals surface area (Å²) in [7, 11) is 1.75. The average Bonchev–Trinajstić information content (AvgIpc) is 3.20. The quantitative estimate of drug-likeness (QED) is 0.629. The second-order valence-corrected chi connectivity index (χ2v) is 7.30. The Morgan fingerprint density at radius 3 is 2.36 bits per heavy atom. The summed E-state index contributed by atoms with van der Waals surface area (Å²) in [6, 6.07) is 8.11. The fourth-order valence-electron chi connectivity index (χ4n) is 2.78. The van der Waals surface area contributed by atoms with E-state index in [0.717, 1.165) is 15.9 Å². The summed E-state index contributed by atoms with van der Waals surface area (Å²) in [4.78, 5) is 24.9. The van der Waals surface area contributed by atoms with Crippen molar-refractivity contribution in [2.75, 3.05) is 10.6 Å². The van der Waals surface area contributed by atoms with Crippen LogP contribution in [-0.4, -0.2) is 31.4 Å². The van der Waals surface area contributed by atoms with Crippen LogP contribution < -0.4 is 10.6 Å². The highest BCUT2D eigenvalue weighted by Gasteiger charge is 2.20.